The molecule has 2 aromatic carbocycles. The molecule has 0 aliphatic rings. The highest BCUT2D eigenvalue weighted by Gasteiger charge is 2.19. The molecule has 0 saturated heterocycles. The molecule has 6 heteroatoms. The van der Waals surface area contributed by atoms with Crippen LogP contribution in [0.1, 0.15) is 18.1 Å². The van der Waals surface area contributed by atoms with Crippen LogP contribution in [0.15, 0.2) is 53.7 Å². The van der Waals surface area contributed by atoms with Gasteiger partial charge in [-0.3, -0.25) is 4.79 Å². The molecule has 3 aromatic rings. The molecular weight excluding hydrogens is 358 g/mol. The van der Waals surface area contributed by atoms with E-state index in [1.807, 2.05) is 62.4 Å². The van der Waals surface area contributed by atoms with Crippen molar-refractivity contribution >= 4 is 17.7 Å². The highest BCUT2D eigenvalue weighted by atomic mass is 32.2. The van der Waals surface area contributed by atoms with Crippen LogP contribution in [0.3, 0.4) is 0 Å². The Kier molecular flexibility index (Phi) is 5.86. The number of aromatic nitrogens is 3. The molecule has 0 fully saturated rings. The predicted octanol–water partition coefficient (Wildman–Crippen LogP) is 4.48. The van der Waals surface area contributed by atoms with Crippen molar-refractivity contribution in [3.8, 4) is 22.5 Å². The number of thioether (sulfide) groups is 1. The average molecular weight is 379 g/mol. The van der Waals surface area contributed by atoms with Gasteiger partial charge in [-0.25, -0.2) is 4.98 Å². The molecule has 0 unspecified atom stereocenters. The van der Waals surface area contributed by atoms with Gasteiger partial charge in [0.2, 0.25) is 5.16 Å². The van der Waals surface area contributed by atoms with Crippen molar-refractivity contribution in [3.63, 3.8) is 0 Å². The van der Waals surface area contributed by atoms with Gasteiger partial charge < -0.3 is 4.74 Å². The van der Waals surface area contributed by atoms with E-state index in [0.29, 0.717) is 10.9 Å². The number of carbonyl (C=O) groups is 1. The number of rotatable bonds is 5. The van der Waals surface area contributed by atoms with E-state index in [2.05, 4.69) is 10.2 Å². The van der Waals surface area contributed by atoms with E-state index in [4.69, 9.17) is 9.72 Å². The summed E-state index contributed by atoms with van der Waals surface area (Å²) in [4.78, 5) is 16.4. The molecule has 1 heterocycles. The van der Waals surface area contributed by atoms with Crippen LogP contribution in [0.5, 0.6) is 0 Å². The van der Waals surface area contributed by atoms with Crippen molar-refractivity contribution in [1.29, 1.82) is 0 Å². The summed E-state index contributed by atoms with van der Waals surface area (Å²) >= 11 is 1.24. The van der Waals surface area contributed by atoms with Crippen molar-refractivity contribution in [2.75, 3.05) is 7.11 Å². The Bertz CT molecular complexity index is 941. The third-order valence-electron chi connectivity index (χ3n) is 4.13. The number of esters is 1. The molecule has 27 heavy (non-hydrogen) atoms. The minimum absolute atomic E-state index is 0.317. The van der Waals surface area contributed by atoms with E-state index in [9.17, 15) is 4.79 Å². The first-order valence-electron chi connectivity index (χ1n) is 8.61. The molecular formula is C21H21N3O2S. The second-order valence-electron chi connectivity index (χ2n) is 6.31. The first-order chi connectivity index (χ1) is 13.0. The minimum Gasteiger partial charge on any atom is -0.468 e. The molecule has 0 bridgehead atoms. The molecule has 0 radical (unpaired) electrons. The maximum absolute atomic E-state index is 11.7. The zero-order chi connectivity index (χ0) is 19.4. The molecule has 3 rings (SSSR count). The third kappa shape index (κ3) is 4.52. The van der Waals surface area contributed by atoms with Gasteiger partial charge >= 0.3 is 5.97 Å². The number of hydrogen-bond acceptors (Lipinski definition) is 6. The number of benzene rings is 2. The average Bonchev–Trinajstić information content (AvgIpc) is 2.68. The lowest BCUT2D eigenvalue weighted by molar-refractivity contribution is -0.139. The summed E-state index contributed by atoms with van der Waals surface area (Å²) in [5, 5.41) is 8.70. The SMILES string of the molecule is COC(=O)[C@H](C)Sc1nnc(-c2ccc(C)cc2)c(-c2ccc(C)cc2)n1. The lowest BCUT2D eigenvalue weighted by Gasteiger charge is -2.11. The van der Waals surface area contributed by atoms with Gasteiger partial charge in [0.1, 0.15) is 16.6 Å². The van der Waals surface area contributed by atoms with Gasteiger partial charge in [0.15, 0.2) is 0 Å². The van der Waals surface area contributed by atoms with E-state index in [0.717, 1.165) is 16.8 Å². The van der Waals surface area contributed by atoms with Crippen LogP contribution in [-0.2, 0) is 9.53 Å². The van der Waals surface area contributed by atoms with E-state index < -0.39 is 5.25 Å². The van der Waals surface area contributed by atoms with Gasteiger partial charge in [0.25, 0.3) is 0 Å². The largest absolute Gasteiger partial charge is 0.468 e. The van der Waals surface area contributed by atoms with Crippen LogP contribution in [0.4, 0.5) is 0 Å². The summed E-state index contributed by atoms with van der Waals surface area (Å²) in [5.74, 6) is -0.317. The molecule has 0 N–H and O–H groups in total. The molecule has 0 aliphatic heterocycles. The van der Waals surface area contributed by atoms with Crippen LogP contribution in [0.25, 0.3) is 22.5 Å². The summed E-state index contributed by atoms with van der Waals surface area (Å²) in [6.45, 7) is 5.85. The summed E-state index contributed by atoms with van der Waals surface area (Å²) in [7, 11) is 1.37. The Morgan fingerprint density at radius 2 is 1.41 bits per heavy atom. The lowest BCUT2D eigenvalue weighted by atomic mass is 10.0. The monoisotopic (exact) mass is 379 g/mol. The van der Waals surface area contributed by atoms with Gasteiger partial charge in [-0.1, -0.05) is 71.4 Å². The molecule has 0 aliphatic carbocycles. The summed E-state index contributed by atoms with van der Waals surface area (Å²) in [5.41, 5.74) is 5.72. The number of methoxy groups -OCH3 is 1. The summed E-state index contributed by atoms with van der Waals surface area (Å²) < 4.78 is 4.78. The lowest BCUT2D eigenvalue weighted by Crippen LogP contribution is -2.15. The first kappa shape index (κ1) is 19.0. The number of nitrogens with zero attached hydrogens (tertiary/aromatic N) is 3. The molecule has 5 nitrogen and oxygen atoms in total. The van der Waals surface area contributed by atoms with Gasteiger partial charge in [-0.15, -0.1) is 10.2 Å². The van der Waals surface area contributed by atoms with Gasteiger partial charge in [-0.2, -0.15) is 0 Å². The molecule has 1 aromatic heterocycles. The molecule has 1 atom stereocenters. The second kappa shape index (κ2) is 8.31. The predicted molar refractivity (Wildman–Crippen MR) is 108 cm³/mol. The third-order valence-corrected chi connectivity index (χ3v) is 5.06. The molecule has 0 spiro atoms. The fraction of sp³-hybridized carbons (Fsp3) is 0.238. The van der Waals surface area contributed by atoms with Crippen LogP contribution in [0.2, 0.25) is 0 Å². The van der Waals surface area contributed by atoms with Crippen LogP contribution < -0.4 is 0 Å². The fourth-order valence-electron chi connectivity index (χ4n) is 2.55. The molecule has 0 amide bonds. The maximum atomic E-state index is 11.7. The van der Waals surface area contributed by atoms with E-state index in [1.165, 1.54) is 30.0 Å². The van der Waals surface area contributed by atoms with Crippen LogP contribution >= 0.6 is 11.8 Å². The Morgan fingerprint density at radius 1 is 0.889 bits per heavy atom. The molecule has 0 saturated carbocycles. The Morgan fingerprint density at radius 3 is 1.93 bits per heavy atom. The Labute approximate surface area is 163 Å². The normalized spacial score (nSPS) is 11.9. The van der Waals surface area contributed by atoms with E-state index in [-0.39, 0.29) is 5.97 Å². The standard InChI is InChI=1S/C21H21N3O2S/c1-13-5-9-16(10-6-13)18-19(17-11-7-14(2)8-12-17)23-24-21(22-18)27-15(3)20(25)26-4/h5-12,15H,1-4H3/t15-/m0/s1. The number of hydrogen-bond donors (Lipinski definition) is 0. The quantitative estimate of drug-likeness (QED) is 0.481. The fourth-order valence-corrected chi connectivity index (χ4v) is 3.29. The number of ether oxygens (including phenoxy) is 1. The van der Waals surface area contributed by atoms with Crippen molar-refractivity contribution < 1.29 is 9.53 Å². The smallest absolute Gasteiger partial charge is 0.318 e. The Hall–Kier alpha value is -2.73. The van der Waals surface area contributed by atoms with Gasteiger partial charge in [0.05, 0.1) is 7.11 Å². The van der Waals surface area contributed by atoms with Crippen molar-refractivity contribution in [2.24, 2.45) is 0 Å². The number of carbonyl (C=O) groups excluding carboxylic acids is 1. The summed E-state index contributed by atoms with van der Waals surface area (Å²) in [6.07, 6.45) is 0. The topological polar surface area (TPSA) is 65.0 Å². The van der Waals surface area contributed by atoms with Crippen molar-refractivity contribution in [3.05, 3.63) is 59.7 Å². The minimum atomic E-state index is -0.409. The zero-order valence-corrected chi connectivity index (χ0v) is 16.6. The van der Waals surface area contributed by atoms with Crippen LogP contribution in [-0.4, -0.2) is 33.5 Å². The highest BCUT2D eigenvalue weighted by molar-refractivity contribution is 8.00. The van der Waals surface area contributed by atoms with E-state index in [1.54, 1.807) is 6.92 Å². The van der Waals surface area contributed by atoms with Crippen molar-refractivity contribution in [2.45, 2.75) is 31.2 Å². The maximum Gasteiger partial charge on any atom is 0.318 e. The summed E-state index contributed by atoms with van der Waals surface area (Å²) in [6, 6.07) is 16.2. The highest BCUT2D eigenvalue weighted by Crippen LogP contribution is 2.31. The van der Waals surface area contributed by atoms with Gasteiger partial charge in [0, 0.05) is 11.1 Å². The Balaban J connectivity index is 2.06. The van der Waals surface area contributed by atoms with Crippen molar-refractivity contribution in [1.82, 2.24) is 15.2 Å². The van der Waals surface area contributed by atoms with E-state index >= 15 is 0 Å². The first-order valence-corrected chi connectivity index (χ1v) is 9.49. The second-order valence-corrected chi connectivity index (χ2v) is 7.61. The molecule has 138 valence electrons. The van der Waals surface area contributed by atoms with Gasteiger partial charge in [-0.05, 0) is 20.8 Å². The number of aryl methyl sites for hydroxylation is 2. The zero-order valence-electron chi connectivity index (χ0n) is 15.8. The van der Waals surface area contributed by atoms with Crippen LogP contribution in [0, 0.1) is 13.8 Å².